The molecule has 468 valence electrons. The van der Waals surface area contributed by atoms with Crippen molar-refractivity contribution in [1.82, 2.24) is 0 Å². The van der Waals surface area contributed by atoms with Gasteiger partial charge in [0.05, 0.1) is 10.8 Å². The molecule has 2 nitrogen and oxygen atoms in total. The van der Waals surface area contributed by atoms with E-state index in [0.717, 1.165) is 34.1 Å². The first-order chi connectivity index (χ1) is 49.6. The SMILES string of the molecule is c1ccc(-c2cc3c(cc(-c4ccccc4)c4c5ccc(N(c6ccccc6)c6cccc(C7(c8ccccc8)c8ccccc8-c8ccccc87)c6)cc5sc34)c3sc4cc(N(c5ccccc5)c5cccc(C6(c7ccccc7)c7ccccc7-c7ccccc76)c5)ccc4c23)cc1. The molecule has 20 rings (SSSR count). The third kappa shape index (κ3) is 8.74. The van der Waals surface area contributed by atoms with Crippen molar-refractivity contribution in [2.75, 3.05) is 9.80 Å². The Hall–Kier alpha value is -12.2. The summed E-state index contributed by atoms with van der Waals surface area (Å²) in [6.07, 6.45) is 0. The van der Waals surface area contributed by atoms with Crippen molar-refractivity contribution < 1.29 is 0 Å². The number of rotatable bonds is 12. The van der Waals surface area contributed by atoms with Gasteiger partial charge in [-0.15, -0.1) is 22.7 Å². The van der Waals surface area contributed by atoms with Crippen LogP contribution in [0.2, 0.25) is 0 Å². The predicted octanol–water partition coefficient (Wildman–Crippen LogP) is 26.6. The van der Waals surface area contributed by atoms with Crippen LogP contribution in [-0.4, -0.2) is 0 Å². The van der Waals surface area contributed by atoms with E-state index < -0.39 is 10.8 Å². The highest BCUT2D eigenvalue weighted by Crippen LogP contribution is 2.60. The van der Waals surface area contributed by atoms with Crippen molar-refractivity contribution in [1.29, 1.82) is 0 Å². The largest absolute Gasteiger partial charge is 0.310 e. The van der Waals surface area contributed by atoms with Crippen molar-refractivity contribution in [3.05, 3.63) is 421 Å². The fourth-order valence-electron chi connectivity index (χ4n) is 17.2. The number of nitrogens with zero attached hydrogens (tertiary/aromatic N) is 2. The maximum atomic E-state index is 2.52. The molecule has 0 aliphatic heterocycles. The average molecular weight is 1310 g/mol. The molecule has 18 aromatic rings. The topological polar surface area (TPSA) is 6.48 Å². The number of para-hydroxylation sites is 2. The first-order valence-corrected chi connectivity index (χ1v) is 36.1. The fraction of sp³-hybridized carbons (Fsp3) is 0.0208. The van der Waals surface area contributed by atoms with Gasteiger partial charge in [0, 0.05) is 85.2 Å². The average Bonchev–Trinajstić information content (AvgIpc) is 1.54. The second-order valence-corrected chi connectivity index (χ2v) is 28.6. The molecule has 2 heterocycles. The van der Waals surface area contributed by atoms with E-state index in [4.69, 9.17) is 0 Å². The van der Waals surface area contributed by atoms with E-state index in [9.17, 15) is 0 Å². The summed E-state index contributed by atoms with van der Waals surface area (Å²) in [5, 5.41) is 7.58. The second-order valence-electron chi connectivity index (χ2n) is 26.5. The molecular weight excluding hydrogens is 1250 g/mol. The van der Waals surface area contributed by atoms with Gasteiger partial charge >= 0.3 is 0 Å². The van der Waals surface area contributed by atoms with Gasteiger partial charge in [0.15, 0.2) is 0 Å². The third-order valence-corrected chi connectivity index (χ3v) is 23.7. The van der Waals surface area contributed by atoms with Crippen LogP contribution in [0.3, 0.4) is 0 Å². The van der Waals surface area contributed by atoms with E-state index in [1.807, 2.05) is 22.7 Å². The molecule has 0 spiro atoms. The van der Waals surface area contributed by atoms with Crippen LogP contribution in [0.15, 0.2) is 376 Å². The highest BCUT2D eigenvalue weighted by molar-refractivity contribution is 7.28. The van der Waals surface area contributed by atoms with E-state index in [1.54, 1.807) is 0 Å². The number of hydrogen-bond donors (Lipinski definition) is 0. The summed E-state index contributed by atoms with van der Waals surface area (Å²) in [6, 6.07) is 140. The van der Waals surface area contributed by atoms with Crippen molar-refractivity contribution in [2.24, 2.45) is 0 Å². The molecule has 0 radical (unpaired) electrons. The van der Waals surface area contributed by atoms with E-state index in [2.05, 4.69) is 386 Å². The Bertz CT molecular complexity index is 5750. The second kappa shape index (κ2) is 23.3. The zero-order valence-electron chi connectivity index (χ0n) is 54.5. The lowest BCUT2D eigenvalue weighted by Gasteiger charge is -2.35. The minimum absolute atomic E-state index is 0.544. The smallest absolute Gasteiger partial charge is 0.0714 e. The Morgan fingerprint density at radius 2 is 0.490 bits per heavy atom. The van der Waals surface area contributed by atoms with Gasteiger partial charge in [-0.2, -0.15) is 0 Å². The summed E-state index contributed by atoms with van der Waals surface area (Å²) in [5.41, 5.74) is 25.6. The molecule has 2 aliphatic carbocycles. The summed E-state index contributed by atoms with van der Waals surface area (Å²) in [6.45, 7) is 0. The van der Waals surface area contributed by atoms with Crippen molar-refractivity contribution in [3.63, 3.8) is 0 Å². The fourth-order valence-corrected chi connectivity index (χ4v) is 19.8. The summed E-state index contributed by atoms with van der Waals surface area (Å²) in [5.74, 6) is 0. The Balaban J connectivity index is 0.779. The van der Waals surface area contributed by atoms with E-state index in [1.165, 1.54) is 140 Å². The molecule has 0 saturated carbocycles. The van der Waals surface area contributed by atoms with Gasteiger partial charge in [-0.3, -0.25) is 0 Å². The number of fused-ring (bicyclic) bond motifs is 15. The van der Waals surface area contributed by atoms with Crippen LogP contribution in [-0.2, 0) is 10.8 Å². The van der Waals surface area contributed by atoms with Crippen LogP contribution >= 0.6 is 22.7 Å². The van der Waals surface area contributed by atoms with Crippen LogP contribution in [0, 0.1) is 0 Å². The van der Waals surface area contributed by atoms with Gasteiger partial charge in [0.25, 0.3) is 0 Å². The summed E-state index contributed by atoms with van der Waals surface area (Å²) in [4.78, 5) is 4.92. The molecule has 0 bridgehead atoms. The van der Waals surface area contributed by atoms with E-state index in [0.29, 0.717) is 0 Å². The van der Waals surface area contributed by atoms with Crippen molar-refractivity contribution in [3.8, 4) is 44.5 Å². The van der Waals surface area contributed by atoms with Crippen molar-refractivity contribution >= 4 is 108 Å². The molecule has 0 atom stereocenters. The molecule has 0 unspecified atom stereocenters. The lowest BCUT2D eigenvalue weighted by Crippen LogP contribution is -2.28. The Labute approximate surface area is 589 Å². The molecule has 16 aromatic carbocycles. The summed E-state index contributed by atoms with van der Waals surface area (Å²) in [7, 11) is 0. The zero-order valence-corrected chi connectivity index (χ0v) is 56.1. The van der Waals surface area contributed by atoms with E-state index in [-0.39, 0.29) is 0 Å². The molecule has 2 aromatic heterocycles. The van der Waals surface area contributed by atoms with Crippen molar-refractivity contribution in [2.45, 2.75) is 10.8 Å². The summed E-state index contributed by atoms with van der Waals surface area (Å²) < 4.78 is 5.04. The molecule has 0 saturated heterocycles. The predicted molar refractivity (Wildman–Crippen MR) is 425 cm³/mol. The minimum Gasteiger partial charge on any atom is -0.310 e. The quantitative estimate of drug-likeness (QED) is 0.120. The lowest BCUT2D eigenvalue weighted by atomic mass is 9.67. The first kappa shape index (κ1) is 58.0. The standard InChI is InChI=1S/C96H62N2S2/c1-7-29-63(30-8-1)81-61-83-84(93-91(81)79-55-53-73(59-89(79)99-93)97(69-39-15-5-16-40-69)71-43-27-37-67(57-71)95(65-33-11-3-12-34-65)85-49-23-19-45-75(85)76-46-20-24-50-86(76)95)62-82(64-31-9-2-10-32-64)92-80-56-54-74(60-90(80)100-94(83)92)98(70-41-17-6-18-42-70)72-44-28-38-68(58-72)96(66-35-13-4-14-36-66)87-51-25-21-47-77(87)78-48-22-26-52-88(78)96/h1-62H. The zero-order chi connectivity index (χ0) is 65.9. The maximum Gasteiger partial charge on any atom is 0.0714 e. The number of benzene rings is 16. The van der Waals surface area contributed by atoms with Crippen LogP contribution < -0.4 is 9.80 Å². The Morgan fingerprint density at radius 1 is 0.200 bits per heavy atom. The summed E-state index contributed by atoms with van der Waals surface area (Å²) >= 11 is 3.84. The van der Waals surface area contributed by atoms with Crippen LogP contribution in [0.5, 0.6) is 0 Å². The Kier molecular flexibility index (Phi) is 13.5. The maximum absolute atomic E-state index is 2.52. The van der Waals surface area contributed by atoms with Crippen LogP contribution in [0.1, 0.15) is 44.5 Å². The highest BCUT2D eigenvalue weighted by Gasteiger charge is 2.48. The van der Waals surface area contributed by atoms with Gasteiger partial charge in [-0.05, 0) is 174 Å². The van der Waals surface area contributed by atoms with E-state index >= 15 is 0 Å². The van der Waals surface area contributed by atoms with Gasteiger partial charge in [0.1, 0.15) is 0 Å². The third-order valence-electron chi connectivity index (χ3n) is 21.4. The molecule has 4 heteroatoms. The lowest BCUT2D eigenvalue weighted by molar-refractivity contribution is 0.768. The number of anilines is 6. The molecule has 0 amide bonds. The van der Waals surface area contributed by atoms with Gasteiger partial charge in [-0.25, -0.2) is 0 Å². The number of thiophene rings is 2. The molecular formula is C96H62N2S2. The van der Waals surface area contributed by atoms with Gasteiger partial charge in [0.2, 0.25) is 0 Å². The molecule has 0 fully saturated rings. The van der Waals surface area contributed by atoms with Crippen LogP contribution in [0.25, 0.3) is 95.6 Å². The number of hydrogen-bond acceptors (Lipinski definition) is 4. The normalized spacial score (nSPS) is 13.2. The molecule has 2 aliphatic rings. The first-order valence-electron chi connectivity index (χ1n) is 34.5. The molecule has 100 heavy (non-hydrogen) atoms. The van der Waals surface area contributed by atoms with Crippen LogP contribution in [0.4, 0.5) is 34.1 Å². The minimum atomic E-state index is -0.544. The highest BCUT2D eigenvalue weighted by atomic mass is 32.1. The molecule has 0 N–H and O–H groups in total. The monoisotopic (exact) mass is 1310 g/mol. The van der Waals surface area contributed by atoms with Gasteiger partial charge < -0.3 is 9.80 Å². The Morgan fingerprint density at radius 3 is 0.850 bits per heavy atom. The van der Waals surface area contributed by atoms with Gasteiger partial charge in [-0.1, -0.05) is 291 Å².